The molecule has 5 rings (SSSR count). The number of carbonyl (C=O) groups excluding carboxylic acids is 1. The van der Waals surface area contributed by atoms with Crippen LogP contribution >= 0.6 is 0 Å². The van der Waals surface area contributed by atoms with Crippen molar-refractivity contribution in [3.8, 4) is 11.4 Å². The zero-order valence-electron chi connectivity index (χ0n) is 18.6. The van der Waals surface area contributed by atoms with Gasteiger partial charge in [-0.05, 0) is 43.2 Å². The van der Waals surface area contributed by atoms with Gasteiger partial charge < -0.3 is 14.3 Å². The van der Waals surface area contributed by atoms with Gasteiger partial charge in [0.2, 0.25) is 11.7 Å². The summed E-state index contributed by atoms with van der Waals surface area (Å²) in [7, 11) is 0. The fraction of sp³-hybridized carbons (Fsp3) is 0.391. The standard InChI is InChI=1S/C23H19F6N5O2/c24-22(25,26)16-9-15(10-17(11-16)23(27,28)29)21(35)34-7-5-33(6-8-34)18-4-3-14(12-30-18)19-31-20(36-32-19)13-1-2-13/h3-4,9-13H,1-2,5-8H2. The molecule has 36 heavy (non-hydrogen) atoms. The van der Waals surface area contributed by atoms with Gasteiger partial charge in [-0.2, -0.15) is 31.3 Å². The molecule has 2 fully saturated rings. The van der Waals surface area contributed by atoms with E-state index in [1.807, 2.05) is 4.90 Å². The van der Waals surface area contributed by atoms with Gasteiger partial charge in [-0.1, -0.05) is 5.16 Å². The predicted molar refractivity (Wildman–Crippen MR) is 114 cm³/mol. The number of halogens is 6. The van der Waals surface area contributed by atoms with Crippen LogP contribution < -0.4 is 4.90 Å². The molecule has 1 saturated heterocycles. The topological polar surface area (TPSA) is 75.4 Å². The molecule has 1 saturated carbocycles. The number of piperazine rings is 1. The van der Waals surface area contributed by atoms with E-state index in [1.54, 1.807) is 18.3 Å². The Kier molecular flexibility index (Phi) is 5.87. The smallest absolute Gasteiger partial charge is 0.353 e. The molecule has 7 nitrogen and oxygen atoms in total. The Morgan fingerprint density at radius 2 is 1.56 bits per heavy atom. The summed E-state index contributed by atoms with van der Waals surface area (Å²) in [6.07, 6.45) is -6.38. The van der Waals surface area contributed by atoms with Crippen LogP contribution in [0.1, 0.15) is 46.1 Å². The molecule has 13 heteroatoms. The Labute approximate surface area is 200 Å². The fourth-order valence-corrected chi connectivity index (χ4v) is 3.95. The number of anilines is 1. The van der Waals surface area contributed by atoms with Crippen molar-refractivity contribution in [2.45, 2.75) is 31.1 Å². The first kappa shape index (κ1) is 24.1. The van der Waals surface area contributed by atoms with Crippen molar-refractivity contribution in [3.05, 3.63) is 59.1 Å². The highest BCUT2D eigenvalue weighted by atomic mass is 19.4. The van der Waals surface area contributed by atoms with Gasteiger partial charge in [0.1, 0.15) is 5.82 Å². The van der Waals surface area contributed by atoms with E-state index in [0.717, 1.165) is 12.8 Å². The second-order valence-corrected chi connectivity index (χ2v) is 8.71. The van der Waals surface area contributed by atoms with E-state index >= 15 is 0 Å². The molecule has 0 spiro atoms. The monoisotopic (exact) mass is 511 g/mol. The maximum Gasteiger partial charge on any atom is 0.416 e. The van der Waals surface area contributed by atoms with Crippen LogP contribution in [0.3, 0.4) is 0 Å². The summed E-state index contributed by atoms with van der Waals surface area (Å²) < 4.78 is 84.1. The lowest BCUT2D eigenvalue weighted by molar-refractivity contribution is -0.143. The summed E-state index contributed by atoms with van der Waals surface area (Å²) in [5.41, 5.74) is -3.02. The molecule has 0 radical (unpaired) electrons. The number of nitrogens with zero attached hydrogens (tertiary/aromatic N) is 5. The third-order valence-electron chi connectivity index (χ3n) is 6.10. The molecular weight excluding hydrogens is 492 g/mol. The average molecular weight is 511 g/mol. The summed E-state index contributed by atoms with van der Waals surface area (Å²) in [6.45, 7) is 0.819. The van der Waals surface area contributed by atoms with Crippen molar-refractivity contribution < 1.29 is 35.7 Å². The molecule has 0 atom stereocenters. The minimum atomic E-state index is -5.02. The highest BCUT2D eigenvalue weighted by Gasteiger charge is 2.38. The lowest BCUT2D eigenvalue weighted by Gasteiger charge is -2.35. The van der Waals surface area contributed by atoms with Crippen LogP contribution in [0.2, 0.25) is 0 Å². The molecule has 0 unspecified atom stereocenters. The van der Waals surface area contributed by atoms with Crippen molar-refractivity contribution in [1.82, 2.24) is 20.0 Å². The normalized spacial score (nSPS) is 16.9. The molecule has 1 aromatic carbocycles. The van der Waals surface area contributed by atoms with E-state index in [1.165, 1.54) is 4.90 Å². The van der Waals surface area contributed by atoms with Crippen LogP contribution in [-0.2, 0) is 12.4 Å². The molecule has 3 aromatic rings. The minimum absolute atomic E-state index is 0.00533. The quantitative estimate of drug-likeness (QED) is 0.459. The Morgan fingerprint density at radius 3 is 2.08 bits per heavy atom. The Balaban J connectivity index is 1.26. The van der Waals surface area contributed by atoms with Crippen molar-refractivity contribution in [2.24, 2.45) is 0 Å². The van der Waals surface area contributed by atoms with Gasteiger partial charge >= 0.3 is 12.4 Å². The van der Waals surface area contributed by atoms with Crippen LogP contribution in [0.4, 0.5) is 32.2 Å². The van der Waals surface area contributed by atoms with Crippen LogP contribution in [0.15, 0.2) is 41.1 Å². The lowest BCUT2D eigenvalue weighted by atomic mass is 10.0. The number of benzene rings is 1. The largest absolute Gasteiger partial charge is 0.416 e. The second-order valence-electron chi connectivity index (χ2n) is 8.71. The van der Waals surface area contributed by atoms with Gasteiger partial charge in [0, 0.05) is 49.4 Å². The third-order valence-corrected chi connectivity index (χ3v) is 6.10. The highest BCUT2D eigenvalue weighted by molar-refractivity contribution is 5.95. The molecule has 3 heterocycles. The van der Waals surface area contributed by atoms with E-state index in [-0.39, 0.29) is 19.2 Å². The van der Waals surface area contributed by atoms with Crippen molar-refractivity contribution in [1.29, 1.82) is 0 Å². The van der Waals surface area contributed by atoms with E-state index in [4.69, 9.17) is 4.52 Å². The maximum absolute atomic E-state index is 13.1. The molecule has 1 amide bonds. The van der Waals surface area contributed by atoms with Crippen molar-refractivity contribution >= 4 is 11.7 Å². The number of rotatable bonds is 4. The second kappa shape index (κ2) is 8.79. The minimum Gasteiger partial charge on any atom is -0.353 e. The number of aromatic nitrogens is 3. The van der Waals surface area contributed by atoms with Crippen LogP contribution in [0.25, 0.3) is 11.4 Å². The number of amides is 1. The zero-order valence-corrected chi connectivity index (χ0v) is 18.6. The molecular formula is C23H19F6N5O2. The summed E-state index contributed by atoms with van der Waals surface area (Å²) in [6, 6.07) is 4.45. The number of hydrogen-bond donors (Lipinski definition) is 0. The number of carbonyl (C=O) groups is 1. The predicted octanol–water partition coefficient (Wildman–Crippen LogP) is 5.01. The molecule has 1 aliphatic carbocycles. The molecule has 190 valence electrons. The Hall–Kier alpha value is -3.64. The maximum atomic E-state index is 13.1. The van der Waals surface area contributed by atoms with Gasteiger partial charge in [-0.15, -0.1) is 0 Å². The highest BCUT2D eigenvalue weighted by Crippen LogP contribution is 2.39. The van der Waals surface area contributed by atoms with Crippen LogP contribution in [0, 0.1) is 0 Å². The first-order valence-electron chi connectivity index (χ1n) is 11.1. The zero-order chi connectivity index (χ0) is 25.7. The molecule has 0 bridgehead atoms. The molecule has 1 aliphatic heterocycles. The van der Waals surface area contributed by atoms with Gasteiger partial charge in [0.15, 0.2) is 0 Å². The summed E-state index contributed by atoms with van der Waals surface area (Å²) >= 11 is 0. The first-order valence-corrected chi connectivity index (χ1v) is 11.1. The van der Waals surface area contributed by atoms with Crippen molar-refractivity contribution in [2.75, 3.05) is 31.1 Å². The third kappa shape index (κ3) is 5.00. The SMILES string of the molecule is O=C(c1cc(C(F)(F)F)cc(C(F)(F)F)c1)N1CCN(c2ccc(-c3noc(C4CC4)n3)cn2)CC1. The summed E-state index contributed by atoms with van der Waals surface area (Å²) in [5.74, 6) is 1.09. The molecule has 2 aromatic heterocycles. The van der Waals surface area contributed by atoms with Gasteiger partial charge in [0.05, 0.1) is 11.1 Å². The number of pyridine rings is 1. The Bertz CT molecular complexity index is 1230. The van der Waals surface area contributed by atoms with Crippen molar-refractivity contribution in [3.63, 3.8) is 0 Å². The Morgan fingerprint density at radius 1 is 0.917 bits per heavy atom. The average Bonchev–Trinajstić information content (AvgIpc) is 3.59. The van der Waals surface area contributed by atoms with Crippen LogP contribution in [-0.4, -0.2) is 52.1 Å². The van der Waals surface area contributed by atoms with E-state index < -0.39 is 35.0 Å². The number of hydrogen-bond acceptors (Lipinski definition) is 6. The summed E-state index contributed by atoms with van der Waals surface area (Å²) in [5, 5.41) is 3.97. The van der Waals surface area contributed by atoms with E-state index in [2.05, 4.69) is 15.1 Å². The molecule has 0 N–H and O–H groups in total. The fourth-order valence-electron chi connectivity index (χ4n) is 3.95. The van der Waals surface area contributed by atoms with Gasteiger partial charge in [-0.25, -0.2) is 4.98 Å². The van der Waals surface area contributed by atoms with Gasteiger partial charge in [0.25, 0.3) is 5.91 Å². The number of alkyl halides is 6. The van der Waals surface area contributed by atoms with Gasteiger partial charge in [-0.3, -0.25) is 4.79 Å². The molecule has 2 aliphatic rings. The van der Waals surface area contributed by atoms with Crippen LogP contribution in [0.5, 0.6) is 0 Å². The van der Waals surface area contributed by atoms with E-state index in [0.29, 0.717) is 54.2 Å². The first-order chi connectivity index (χ1) is 17.0. The summed E-state index contributed by atoms with van der Waals surface area (Å²) in [4.78, 5) is 24.7. The lowest BCUT2D eigenvalue weighted by Crippen LogP contribution is -2.49. The van der Waals surface area contributed by atoms with E-state index in [9.17, 15) is 31.1 Å².